The van der Waals surface area contributed by atoms with Crippen LogP contribution in [-0.4, -0.2) is 61.7 Å². The molecule has 2 rings (SSSR count). The molecule has 0 spiro atoms. The molecule has 0 saturated carbocycles. The third-order valence-corrected chi connectivity index (χ3v) is 3.99. The van der Waals surface area contributed by atoms with E-state index in [1.165, 1.54) is 38.8 Å². The van der Waals surface area contributed by atoms with Crippen LogP contribution in [0.15, 0.2) is 0 Å². The van der Waals surface area contributed by atoms with Gasteiger partial charge in [0.25, 0.3) is 0 Å². The van der Waals surface area contributed by atoms with Crippen molar-refractivity contribution in [3.05, 3.63) is 0 Å². The third kappa shape index (κ3) is 2.96. The summed E-state index contributed by atoms with van der Waals surface area (Å²) in [5.41, 5.74) is 0. The van der Waals surface area contributed by atoms with Crippen LogP contribution in [0.1, 0.15) is 32.6 Å². The highest BCUT2D eigenvalue weighted by atomic mass is 15.2. The van der Waals surface area contributed by atoms with Gasteiger partial charge in [0.05, 0.1) is 0 Å². The summed E-state index contributed by atoms with van der Waals surface area (Å²) in [5.74, 6) is 0. The van der Waals surface area contributed by atoms with E-state index in [2.05, 4.69) is 36.1 Å². The lowest BCUT2D eigenvalue weighted by Gasteiger charge is -2.34. The van der Waals surface area contributed by atoms with E-state index in [1.54, 1.807) is 0 Å². The zero-order chi connectivity index (χ0) is 11.5. The van der Waals surface area contributed by atoms with E-state index in [0.717, 1.165) is 18.6 Å². The van der Waals surface area contributed by atoms with Crippen molar-refractivity contribution in [2.75, 3.05) is 33.7 Å². The quantitative estimate of drug-likeness (QED) is 0.774. The van der Waals surface area contributed by atoms with Gasteiger partial charge in [0.15, 0.2) is 0 Å². The summed E-state index contributed by atoms with van der Waals surface area (Å²) < 4.78 is 0. The Balaban J connectivity index is 1.81. The highest BCUT2D eigenvalue weighted by Crippen LogP contribution is 2.27. The van der Waals surface area contributed by atoms with Gasteiger partial charge in [0, 0.05) is 31.2 Å². The predicted octanol–water partition coefficient (Wildman–Crippen LogP) is 1.15. The number of hydrogen-bond donors (Lipinski definition) is 1. The molecule has 2 heterocycles. The highest BCUT2D eigenvalue weighted by molar-refractivity contribution is 4.94. The van der Waals surface area contributed by atoms with Gasteiger partial charge >= 0.3 is 0 Å². The Morgan fingerprint density at radius 2 is 2.06 bits per heavy atom. The molecule has 16 heavy (non-hydrogen) atoms. The number of piperidine rings is 1. The summed E-state index contributed by atoms with van der Waals surface area (Å²) in [6.07, 6.45) is 5.60. The van der Waals surface area contributed by atoms with Crippen molar-refractivity contribution < 1.29 is 0 Å². The normalized spacial score (nSPS) is 33.0. The van der Waals surface area contributed by atoms with Gasteiger partial charge in [-0.15, -0.1) is 0 Å². The Morgan fingerprint density at radius 1 is 1.25 bits per heavy atom. The molecule has 0 aromatic rings. The first-order chi connectivity index (χ1) is 7.66. The second-order valence-corrected chi connectivity index (χ2v) is 5.82. The minimum atomic E-state index is 0.613. The van der Waals surface area contributed by atoms with Crippen molar-refractivity contribution in [1.29, 1.82) is 0 Å². The van der Waals surface area contributed by atoms with Gasteiger partial charge in [-0.05, 0) is 46.8 Å². The highest BCUT2D eigenvalue weighted by Gasteiger charge is 2.35. The Kier molecular flexibility index (Phi) is 4.22. The Bertz CT molecular complexity index is 217. The molecule has 3 nitrogen and oxygen atoms in total. The lowest BCUT2D eigenvalue weighted by molar-refractivity contribution is 0.174. The summed E-state index contributed by atoms with van der Waals surface area (Å²) in [4.78, 5) is 4.97. The summed E-state index contributed by atoms with van der Waals surface area (Å²) in [5, 5.41) is 3.83. The van der Waals surface area contributed by atoms with Crippen molar-refractivity contribution in [3.8, 4) is 0 Å². The van der Waals surface area contributed by atoms with Gasteiger partial charge in [0.1, 0.15) is 0 Å². The number of rotatable bonds is 4. The van der Waals surface area contributed by atoms with E-state index in [9.17, 15) is 0 Å². The second-order valence-electron chi connectivity index (χ2n) is 5.82. The van der Waals surface area contributed by atoms with Crippen LogP contribution in [0.5, 0.6) is 0 Å². The molecule has 0 aromatic carbocycles. The van der Waals surface area contributed by atoms with E-state index in [0.29, 0.717) is 6.04 Å². The molecule has 3 atom stereocenters. The third-order valence-electron chi connectivity index (χ3n) is 3.99. The average molecular weight is 225 g/mol. The van der Waals surface area contributed by atoms with Crippen LogP contribution in [0.4, 0.5) is 0 Å². The number of nitrogens with zero attached hydrogens (tertiary/aromatic N) is 2. The molecule has 0 radical (unpaired) electrons. The Morgan fingerprint density at radius 3 is 2.81 bits per heavy atom. The number of nitrogens with one attached hydrogen (secondary N) is 1. The molecule has 0 bridgehead atoms. The van der Waals surface area contributed by atoms with E-state index in [4.69, 9.17) is 0 Å². The molecule has 0 aliphatic carbocycles. The molecule has 0 amide bonds. The van der Waals surface area contributed by atoms with Gasteiger partial charge < -0.3 is 10.2 Å². The molecular formula is C13H27N3. The number of likely N-dealkylation sites (N-methyl/N-ethyl adjacent to an activating group) is 1. The molecule has 3 unspecified atom stereocenters. The van der Waals surface area contributed by atoms with Crippen LogP contribution in [-0.2, 0) is 0 Å². The van der Waals surface area contributed by atoms with Crippen LogP contribution in [0, 0.1) is 0 Å². The maximum Gasteiger partial charge on any atom is 0.0249 e. The van der Waals surface area contributed by atoms with Crippen molar-refractivity contribution in [2.24, 2.45) is 0 Å². The zero-order valence-corrected chi connectivity index (χ0v) is 11.1. The predicted molar refractivity (Wildman–Crippen MR) is 68.8 cm³/mol. The minimum Gasteiger partial charge on any atom is -0.309 e. The minimum absolute atomic E-state index is 0.613. The topological polar surface area (TPSA) is 18.5 Å². The van der Waals surface area contributed by atoms with Gasteiger partial charge in [-0.25, -0.2) is 0 Å². The van der Waals surface area contributed by atoms with E-state index < -0.39 is 0 Å². The zero-order valence-electron chi connectivity index (χ0n) is 11.1. The summed E-state index contributed by atoms with van der Waals surface area (Å²) in [6.45, 7) is 6.11. The largest absolute Gasteiger partial charge is 0.309 e. The second kappa shape index (κ2) is 5.48. The van der Waals surface area contributed by atoms with Crippen LogP contribution < -0.4 is 5.32 Å². The first kappa shape index (κ1) is 12.3. The smallest absolute Gasteiger partial charge is 0.0249 e. The summed E-state index contributed by atoms with van der Waals surface area (Å²) in [6, 6.07) is 2.19. The van der Waals surface area contributed by atoms with Gasteiger partial charge in [-0.1, -0.05) is 6.42 Å². The van der Waals surface area contributed by atoms with E-state index in [1.807, 2.05) is 0 Å². The molecule has 2 aliphatic rings. The van der Waals surface area contributed by atoms with Crippen molar-refractivity contribution in [3.63, 3.8) is 0 Å². The first-order valence-corrected chi connectivity index (χ1v) is 6.81. The fourth-order valence-electron chi connectivity index (χ4n) is 3.41. The fourth-order valence-corrected chi connectivity index (χ4v) is 3.41. The summed E-state index contributed by atoms with van der Waals surface area (Å²) in [7, 11) is 4.31. The Hall–Kier alpha value is -0.120. The van der Waals surface area contributed by atoms with Crippen molar-refractivity contribution in [2.45, 2.75) is 50.7 Å². The van der Waals surface area contributed by atoms with Crippen LogP contribution in [0.25, 0.3) is 0 Å². The Labute approximate surface area is 100 Å². The molecule has 2 fully saturated rings. The molecule has 94 valence electrons. The monoisotopic (exact) mass is 225 g/mol. The maximum absolute atomic E-state index is 3.83. The SMILES string of the molecule is CC(CN(C)C)NC1CCN2CCCCC12. The molecule has 1 N–H and O–H groups in total. The lowest BCUT2D eigenvalue weighted by atomic mass is 9.98. The standard InChI is InChI=1S/C13H27N3/c1-11(10-15(2)3)14-12-7-9-16-8-5-4-6-13(12)16/h11-14H,4-10H2,1-3H3. The van der Waals surface area contributed by atoms with E-state index in [-0.39, 0.29) is 0 Å². The average Bonchev–Trinajstić information content (AvgIpc) is 2.61. The van der Waals surface area contributed by atoms with Crippen LogP contribution >= 0.6 is 0 Å². The first-order valence-electron chi connectivity index (χ1n) is 6.81. The lowest BCUT2D eigenvalue weighted by Crippen LogP contribution is -2.49. The van der Waals surface area contributed by atoms with Gasteiger partial charge in [-0.2, -0.15) is 0 Å². The van der Waals surface area contributed by atoms with Gasteiger partial charge in [0.2, 0.25) is 0 Å². The number of fused-ring (bicyclic) bond motifs is 1. The molecular weight excluding hydrogens is 198 g/mol. The molecule has 0 aromatic heterocycles. The van der Waals surface area contributed by atoms with E-state index >= 15 is 0 Å². The molecule has 3 heteroatoms. The van der Waals surface area contributed by atoms with Crippen molar-refractivity contribution in [1.82, 2.24) is 15.1 Å². The van der Waals surface area contributed by atoms with Crippen LogP contribution in [0.2, 0.25) is 0 Å². The number of hydrogen-bond acceptors (Lipinski definition) is 3. The maximum atomic E-state index is 3.83. The fraction of sp³-hybridized carbons (Fsp3) is 1.00. The molecule has 2 saturated heterocycles. The van der Waals surface area contributed by atoms with Crippen molar-refractivity contribution >= 4 is 0 Å². The molecule has 2 aliphatic heterocycles. The van der Waals surface area contributed by atoms with Crippen LogP contribution in [0.3, 0.4) is 0 Å². The van der Waals surface area contributed by atoms with Gasteiger partial charge in [-0.3, -0.25) is 4.90 Å². The summed E-state index contributed by atoms with van der Waals surface area (Å²) >= 11 is 0.